The Morgan fingerprint density at radius 1 is 1.44 bits per heavy atom. The summed E-state index contributed by atoms with van der Waals surface area (Å²) < 4.78 is 0. The molecule has 1 aromatic heterocycles. The van der Waals surface area contributed by atoms with Crippen LogP contribution in [-0.2, 0) is 5.60 Å². The molecule has 0 aliphatic heterocycles. The Morgan fingerprint density at radius 3 is 2.72 bits per heavy atom. The maximum absolute atomic E-state index is 11.0. The maximum atomic E-state index is 11.0. The highest BCUT2D eigenvalue weighted by Crippen LogP contribution is 2.40. The van der Waals surface area contributed by atoms with Gasteiger partial charge in [0, 0.05) is 18.0 Å². The third kappa shape index (κ3) is 2.49. The van der Waals surface area contributed by atoms with Gasteiger partial charge in [0.05, 0.1) is 0 Å². The molecule has 0 spiro atoms. The average Bonchev–Trinajstić information content (AvgIpc) is 2.47. The van der Waals surface area contributed by atoms with Crippen molar-refractivity contribution in [3.63, 3.8) is 0 Å². The van der Waals surface area contributed by atoms with Crippen LogP contribution in [0.2, 0.25) is 0 Å². The number of hydrogen-bond acceptors (Lipinski definition) is 2. The lowest BCUT2D eigenvalue weighted by Crippen LogP contribution is -2.31. The second-order valence-corrected chi connectivity index (χ2v) is 5.32. The van der Waals surface area contributed by atoms with E-state index >= 15 is 0 Å². The van der Waals surface area contributed by atoms with E-state index in [1.54, 1.807) is 12.4 Å². The number of nitrogens with zero attached hydrogens (tertiary/aromatic N) is 1. The van der Waals surface area contributed by atoms with Gasteiger partial charge in [-0.15, -0.1) is 0 Å². The highest BCUT2D eigenvalue weighted by molar-refractivity contribution is 5.30. The summed E-state index contributed by atoms with van der Waals surface area (Å²) in [4.78, 5) is 4.13. The largest absolute Gasteiger partial charge is 0.381 e. The maximum Gasteiger partial charge on any atom is 0.112 e. The Bertz CT molecular complexity index is 395. The Labute approximate surface area is 110 Å². The van der Waals surface area contributed by atoms with E-state index in [0.29, 0.717) is 12.3 Å². The van der Waals surface area contributed by atoms with Crippen molar-refractivity contribution in [1.82, 2.24) is 4.98 Å². The molecule has 98 valence electrons. The van der Waals surface area contributed by atoms with Crippen LogP contribution >= 0.6 is 0 Å². The predicted molar refractivity (Wildman–Crippen MR) is 74.1 cm³/mol. The number of aliphatic hydroxyl groups is 1. The van der Waals surface area contributed by atoms with Gasteiger partial charge in [-0.1, -0.05) is 38.8 Å². The highest BCUT2D eigenvalue weighted by atomic mass is 16.3. The molecule has 1 N–H and O–H groups in total. The van der Waals surface area contributed by atoms with Crippen LogP contribution in [-0.4, -0.2) is 10.1 Å². The summed E-state index contributed by atoms with van der Waals surface area (Å²) in [7, 11) is 0. The fraction of sp³-hybridized carbons (Fsp3) is 0.562. The van der Waals surface area contributed by atoms with Gasteiger partial charge in [0.1, 0.15) is 5.60 Å². The van der Waals surface area contributed by atoms with E-state index < -0.39 is 5.60 Å². The zero-order valence-electron chi connectivity index (χ0n) is 11.2. The zero-order valence-corrected chi connectivity index (χ0v) is 11.2. The molecular weight excluding hydrogens is 222 g/mol. The zero-order chi connectivity index (χ0) is 13.0. The molecule has 2 rings (SSSR count). The molecule has 18 heavy (non-hydrogen) atoms. The topological polar surface area (TPSA) is 33.1 Å². The number of rotatable bonds is 4. The summed E-state index contributed by atoms with van der Waals surface area (Å²) in [5.74, 6) is 0.462. The molecule has 1 atom stereocenters. The second kappa shape index (κ2) is 5.66. The van der Waals surface area contributed by atoms with Gasteiger partial charge in [0.15, 0.2) is 0 Å². The minimum absolute atomic E-state index is 0.462. The Balaban J connectivity index is 2.23. The van der Waals surface area contributed by atoms with Crippen LogP contribution in [0.3, 0.4) is 0 Å². The number of hydrogen-bond donors (Lipinski definition) is 1. The van der Waals surface area contributed by atoms with Crippen LogP contribution in [0, 0.1) is 5.92 Å². The van der Waals surface area contributed by atoms with E-state index in [4.69, 9.17) is 0 Å². The van der Waals surface area contributed by atoms with Gasteiger partial charge in [0.2, 0.25) is 0 Å². The van der Waals surface area contributed by atoms with Crippen molar-refractivity contribution in [3.8, 4) is 0 Å². The van der Waals surface area contributed by atoms with E-state index in [2.05, 4.69) is 11.6 Å². The molecule has 1 unspecified atom stereocenters. The van der Waals surface area contributed by atoms with E-state index in [0.717, 1.165) is 11.1 Å². The van der Waals surface area contributed by atoms with Crippen LogP contribution in [0.1, 0.15) is 51.0 Å². The lowest BCUT2D eigenvalue weighted by atomic mass is 9.74. The molecule has 1 aliphatic rings. The summed E-state index contributed by atoms with van der Waals surface area (Å²) in [6, 6.07) is 3.83. The molecule has 0 bridgehead atoms. The normalized spacial score (nSPS) is 20.3. The number of aromatic nitrogens is 1. The van der Waals surface area contributed by atoms with Crippen molar-refractivity contribution >= 4 is 0 Å². The molecule has 1 aromatic rings. The molecule has 1 saturated carbocycles. The summed E-state index contributed by atoms with van der Waals surface area (Å²) >= 11 is 0. The quantitative estimate of drug-likeness (QED) is 0.818. The predicted octanol–water partition coefficient (Wildman–Crippen LogP) is 3.82. The van der Waals surface area contributed by atoms with Crippen LogP contribution in [0.15, 0.2) is 36.7 Å². The van der Waals surface area contributed by atoms with Gasteiger partial charge >= 0.3 is 0 Å². The molecule has 1 aliphatic carbocycles. The lowest BCUT2D eigenvalue weighted by Gasteiger charge is -2.36. The first-order valence-corrected chi connectivity index (χ1v) is 7.00. The Hall–Kier alpha value is -1.15. The average molecular weight is 245 g/mol. The summed E-state index contributed by atoms with van der Waals surface area (Å²) in [6.45, 7) is 6.23. The highest BCUT2D eigenvalue weighted by Gasteiger charge is 2.35. The van der Waals surface area contributed by atoms with Gasteiger partial charge in [0.25, 0.3) is 0 Å². The minimum Gasteiger partial charge on any atom is -0.381 e. The third-order valence-electron chi connectivity index (χ3n) is 4.28. The molecule has 0 radical (unpaired) electrons. The van der Waals surface area contributed by atoms with Crippen molar-refractivity contribution in [1.29, 1.82) is 0 Å². The SMILES string of the molecule is C=C(C1CCCCC1)C(O)(CC)c1cccnc1. The molecule has 0 aromatic carbocycles. The van der Waals surface area contributed by atoms with Gasteiger partial charge < -0.3 is 5.11 Å². The molecule has 0 saturated heterocycles. The van der Waals surface area contributed by atoms with Crippen molar-refractivity contribution in [2.24, 2.45) is 5.92 Å². The molecule has 1 fully saturated rings. The minimum atomic E-state index is -0.906. The van der Waals surface area contributed by atoms with E-state index in [9.17, 15) is 5.11 Å². The van der Waals surface area contributed by atoms with E-state index in [1.807, 2.05) is 19.1 Å². The van der Waals surface area contributed by atoms with Crippen molar-refractivity contribution in [2.45, 2.75) is 51.0 Å². The van der Waals surface area contributed by atoms with Gasteiger partial charge in [-0.05, 0) is 36.8 Å². The first-order chi connectivity index (χ1) is 8.68. The standard InChI is InChI=1S/C16H23NO/c1-3-16(18,15-10-7-11-17-12-15)13(2)14-8-5-4-6-9-14/h7,10-12,14,18H,2-6,8-9H2,1H3. The first kappa shape index (κ1) is 13.3. The fourth-order valence-electron chi connectivity index (χ4n) is 3.01. The summed E-state index contributed by atoms with van der Waals surface area (Å²) in [6.07, 6.45) is 10.3. The lowest BCUT2D eigenvalue weighted by molar-refractivity contribution is 0.0570. The van der Waals surface area contributed by atoms with Crippen LogP contribution in [0.5, 0.6) is 0 Å². The fourth-order valence-corrected chi connectivity index (χ4v) is 3.01. The van der Waals surface area contributed by atoms with Crippen molar-refractivity contribution in [2.75, 3.05) is 0 Å². The molecule has 2 nitrogen and oxygen atoms in total. The van der Waals surface area contributed by atoms with Gasteiger partial charge in [-0.25, -0.2) is 0 Å². The Morgan fingerprint density at radius 2 is 2.17 bits per heavy atom. The smallest absolute Gasteiger partial charge is 0.112 e. The number of pyridine rings is 1. The second-order valence-electron chi connectivity index (χ2n) is 5.32. The van der Waals surface area contributed by atoms with Gasteiger partial charge in [-0.2, -0.15) is 0 Å². The molecule has 1 heterocycles. The molecule has 0 amide bonds. The van der Waals surface area contributed by atoms with E-state index in [1.165, 1.54) is 32.1 Å². The van der Waals surface area contributed by atoms with Crippen LogP contribution in [0.25, 0.3) is 0 Å². The van der Waals surface area contributed by atoms with Crippen molar-refractivity contribution in [3.05, 3.63) is 42.2 Å². The third-order valence-corrected chi connectivity index (χ3v) is 4.28. The van der Waals surface area contributed by atoms with Crippen molar-refractivity contribution < 1.29 is 5.11 Å². The first-order valence-electron chi connectivity index (χ1n) is 7.00. The summed E-state index contributed by atoms with van der Waals surface area (Å²) in [5.41, 5.74) is 0.955. The molecule has 2 heteroatoms. The molecular formula is C16H23NO. The summed E-state index contributed by atoms with van der Waals surface area (Å²) in [5, 5.41) is 11.0. The van der Waals surface area contributed by atoms with Crippen LogP contribution in [0.4, 0.5) is 0 Å². The Kier molecular flexibility index (Phi) is 4.18. The van der Waals surface area contributed by atoms with Gasteiger partial charge in [-0.3, -0.25) is 4.98 Å². The van der Waals surface area contributed by atoms with E-state index in [-0.39, 0.29) is 0 Å². The van der Waals surface area contributed by atoms with Crippen LogP contribution < -0.4 is 0 Å². The monoisotopic (exact) mass is 245 g/mol.